The molecule has 1 amide bonds. The van der Waals surface area contributed by atoms with Crippen molar-refractivity contribution in [3.8, 4) is 11.3 Å². The highest BCUT2D eigenvalue weighted by molar-refractivity contribution is 7.99. The average Bonchev–Trinajstić information content (AvgIpc) is 2.95. The first-order valence-electron chi connectivity index (χ1n) is 7.11. The zero-order valence-corrected chi connectivity index (χ0v) is 14.4. The number of aryl methyl sites for hydroxylation is 1. The highest BCUT2D eigenvalue weighted by Gasteiger charge is 2.11. The van der Waals surface area contributed by atoms with E-state index in [-0.39, 0.29) is 11.7 Å². The molecule has 2 heterocycles. The van der Waals surface area contributed by atoms with Gasteiger partial charge in [-0.25, -0.2) is 9.97 Å². The molecule has 0 aliphatic rings. The van der Waals surface area contributed by atoms with Gasteiger partial charge in [0.2, 0.25) is 5.91 Å². The lowest BCUT2D eigenvalue weighted by atomic mass is 10.1. The van der Waals surface area contributed by atoms with Crippen LogP contribution in [0.15, 0.2) is 53.9 Å². The molecule has 1 N–H and O–H groups in total. The predicted octanol–water partition coefficient (Wildman–Crippen LogP) is 3.26. The van der Waals surface area contributed by atoms with Gasteiger partial charge in [0.25, 0.3) is 0 Å². The van der Waals surface area contributed by atoms with E-state index in [0.29, 0.717) is 16.0 Å². The minimum atomic E-state index is -0.141. The zero-order valence-electron chi connectivity index (χ0n) is 12.8. The molecule has 122 valence electrons. The van der Waals surface area contributed by atoms with Crippen LogP contribution in [-0.4, -0.2) is 31.4 Å². The van der Waals surface area contributed by atoms with Gasteiger partial charge in [-0.05, 0) is 18.2 Å². The van der Waals surface area contributed by atoms with Crippen molar-refractivity contribution in [2.75, 3.05) is 11.1 Å². The molecule has 0 radical (unpaired) electrons. The van der Waals surface area contributed by atoms with Crippen molar-refractivity contribution in [1.29, 1.82) is 0 Å². The Morgan fingerprint density at radius 1 is 1.25 bits per heavy atom. The van der Waals surface area contributed by atoms with Gasteiger partial charge in [0.15, 0.2) is 5.16 Å². The first-order valence-corrected chi connectivity index (χ1v) is 8.48. The van der Waals surface area contributed by atoms with Gasteiger partial charge in [-0.15, -0.1) is 0 Å². The molecular formula is C16H14ClN5OS. The van der Waals surface area contributed by atoms with Gasteiger partial charge in [0, 0.05) is 36.1 Å². The van der Waals surface area contributed by atoms with E-state index in [4.69, 9.17) is 11.6 Å². The van der Waals surface area contributed by atoms with Crippen molar-refractivity contribution >= 4 is 35.1 Å². The minimum Gasteiger partial charge on any atom is -0.310 e. The number of hydrogen-bond acceptors (Lipinski definition) is 5. The maximum Gasteiger partial charge on any atom is 0.235 e. The number of amides is 1. The number of anilines is 1. The van der Waals surface area contributed by atoms with Gasteiger partial charge in [-0.1, -0.05) is 35.5 Å². The highest BCUT2D eigenvalue weighted by atomic mass is 35.5. The fraction of sp³-hybridized carbons (Fsp3) is 0.125. The van der Waals surface area contributed by atoms with Crippen LogP contribution in [0.2, 0.25) is 5.02 Å². The third-order valence-electron chi connectivity index (χ3n) is 3.16. The molecule has 3 aromatic rings. The van der Waals surface area contributed by atoms with Crippen LogP contribution in [0.1, 0.15) is 0 Å². The Morgan fingerprint density at radius 2 is 1.96 bits per heavy atom. The third kappa shape index (κ3) is 4.12. The number of nitrogens with one attached hydrogen (secondary N) is 1. The largest absolute Gasteiger partial charge is 0.310 e. The summed E-state index contributed by atoms with van der Waals surface area (Å²) in [6, 6.07) is 10.9. The number of carbonyl (C=O) groups excluding carboxylic acids is 1. The summed E-state index contributed by atoms with van der Waals surface area (Å²) >= 11 is 7.17. The molecule has 0 fully saturated rings. The summed E-state index contributed by atoms with van der Waals surface area (Å²) in [6.07, 6.45) is 3.29. The molecule has 8 heteroatoms. The van der Waals surface area contributed by atoms with E-state index < -0.39 is 0 Å². The Balaban J connectivity index is 1.65. The van der Waals surface area contributed by atoms with Crippen LogP contribution in [0.3, 0.4) is 0 Å². The highest BCUT2D eigenvalue weighted by Crippen LogP contribution is 2.23. The monoisotopic (exact) mass is 359 g/mol. The molecule has 6 nitrogen and oxygen atoms in total. The molecule has 0 atom stereocenters. The molecule has 1 aromatic carbocycles. The van der Waals surface area contributed by atoms with Gasteiger partial charge in [0.1, 0.15) is 5.82 Å². The van der Waals surface area contributed by atoms with Gasteiger partial charge in [-0.3, -0.25) is 9.48 Å². The smallest absolute Gasteiger partial charge is 0.235 e. The first kappa shape index (κ1) is 16.5. The molecule has 0 unspecified atom stereocenters. The van der Waals surface area contributed by atoms with Crippen molar-refractivity contribution < 1.29 is 4.79 Å². The standard InChI is InChI=1S/C16H14ClN5OS/c1-22-14(9-13(21-22)11-3-5-12(17)6-4-11)20-15(23)10-24-16-18-7-2-8-19-16/h2-9H,10H2,1H3,(H,20,23). The topological polar surface area (TPSA) is 72.7 Å². The second-order valence-electron chi connectivity index (χ2n) is 4.91. The summed E-state index contributed by atoms with van der Waals surface area (Å²) < 4.78 is 1.63. The number of rotatable bonds is 5. The van der Waals surface area contributed by atoms with Gasteiger partial charge in [-0.2, -0.15) is 5.10 Å². The molecule has 0 aliphatic heterocycles. The number of carbonyl (C=O) groups is 1. The molecule has 0 saturated carbocycles. The summed E-state index contributed by atoms with van der Waals surface area (Å²) in [6.45, 7) is 0. The number of benzene rings is 1. The maximum atomic E-state index is 12.1. The van der Waals surface area contributed by atoms with Crippen LogP contribution in [0.5, 0.6) is 0 Å². The minimum absolute atomic E-state index is 0.141. The molecular weight excluding hydrogens is 346 g/mol. The Morgan fingerprint density at radius 3 is 2.67 bits per heavy atom. The third-order valence-corrected chi connectivity index (χ3v) is 4.29. The average molecular weight is 360 g/mol. The van der Waals surface area contributed by atoms with E-state index in [0.717, 1.165) is 11.3 Å². The zero-order chi connectivity index (χ0) is 16.9. The summed E-state index contributed by atoms with van der Waals surface area (Å²) in [7, 11) is 1.78. The maximum absolute atomic E-state index is 12.1. The normalized spacial score (nSPS) is 10.6. The lowest BCUT2D eigenvalue weighted by Crippen LogP contribution is -2.16. The van der Waals surface area contributed by atoms with Gasteiger partial charge >= 0.3 is 0 Å². The Hall–Kier alpha value is -2.38. The molecule has 2 aromatic heterocycles. The SMILES string of the molecule is Cn1nc(-c2ccc(Cl)cc2)cc1NC(=O)CSc1ncccn1. The molecule has 0 aliphatic carbocycles. The molecule has 24 heavy (non-hydrogen) atoms. The lowest BCUT2D eigenvalue weighted by Gasteiger charge is -2.04. The molecule has 0 spiro atoms. The quantitative estimate of drug-likeness (QED) is 0.559. The Bertz CT molecular complexity index is 835. The van der Waals surface area contributed by atoms with Crippen LogP contribution >= 0.6 is 23.4 Å². The fourth-order valence-corrected chi connectivity index (χ4v) is 2.74. The number of hydrogen-bond donors (Lipinski definition) is 1. The lowest BCUT2D eigenvalue weighted by molar-refractivity contribution is -0.113. The van der Waals surface area contributed by atoms with Crippen molar-refractivity contribution in [1.82, 2.24) is 19.7 Å². The van der Waals surface area contributed by atoms with E-state index in [1.165, 1.54) is 11.8 Å². The summed E-state index contributed by atoms with van der Waals surface area (Å²) in [5, 5.41) is 8.49. The van der Waals surface area contributed by atoms with Crippen molar-refractivity contribution in [2.45, 2.75) is 5.16 Å². The summed E-state index contributed by atoms with van der Waals surface area (Å²) in [5.74, 6) is 0.712. The Labute approximate surface area is 148 Å². The summed E-state index contributed by atoms with van der Waals surface area (Å²) in [4.78, 5) is 20.2. The van der Waals surface area contributed by atoms with Crippen LogP contribution < -0.4 is 5.32 Å². The fourth-order valence-electron chi connectivity index (χ4n) is 2.01. The van der Waals surface area contributed by atoms with Crippen LogP contribution in [0, 0.1) is 0 Å². The Kier molecular flexibility index (Phi) is 5.12. The first-order chi connectivity index (χ1) is 11.6. The second-order valence-corrected chi connectivity index (χ2v) is 6.29. The van der Waals surface area contributed by atoms with E-state index >= 15 is 0 Å². The number of thioether (sulfide) groups is 1. The van der Waals surface area contributed by atoms with Crippen LogP contribution in [-0.2, 0) is 11.8 Å². The van der Waals surface area contributed by atoms with Gasteiger partial charge < -0.3 is 5.32 Å². The number of nitrogens with zero attached hydrogens (tertiary/aromatic N) is 4. The van der Waals surface area contributed by atoms with E-state index in [2.05, 4.69) is 20.4 Å². The van der Waals surface area contributed by atoms with Crippen LogP contribution in [0.4, 0.5) is 5.82 Å². The molecule has 0 saturated heterocycles. The van der Waals surface area contributed by atoms with E-state index in [9.17, 15) is 4.79 Å². The number of halogens is 1. The molecule has 3 rings (SSSR count). The van der Waals surface area contributed by atoms with E-state index in [1.807, 2.05) is 18.2 Å². The van der Waals surface area contributed by atoms with Crippen molar-refractivity contribution in [3.05, 3.63) is 53.8 Å². The van der Waals surface area contributed by atoms with E-state index in [1.54, 1.807) is 42.3 Å². The van der Waals surface area contributed by atoms with Gasteiger partial charge in [0.05, 0.1) is 11.4 Å². The van der Waals surface area contributed by atoms with Crippen molar-refractivity contribution in [2.24, 2.45) is 7.05 Å². The predicted molar refractivity (Wildman–Crippen MR) is 95.0 cm³/mol. The second kappa shape index (κ2) is 7.46. The summed E-state index contributed by atoms with van der Waals surface area (Å²) in [5.41, 5.74) is 1.70. The number of aromatic nitrogens is 4. The molecule has 0 bridgehead atoms. The van der Waals surface area contributed by atoms with Crippen molar-refractivity contribution in [3.63, 3.8) is 0 Å². The van der Waals surface area contributed by atoms with Crippen LogP contribution in [0.25, 0.3) is 11.3 Å².